The van der Waals surface area contributed by atoms with Crippen molar-refractivity contribution in [2.75, 3.05) is 49.1 Å². The molecule has 156 valence electrons. The fourth-order valence-corrected chi connectivity index (χ4v) is 5.28. The van der Waals surface area contributed by atoms with Gasteiger partial charge in [-0.05, 0) is 12.5 Å². The van der Waals surface area contributed by atoms with E-state index in [1.807, 2.05) is 4.90 Å². The fraction of sp³-hybridized carbons (Fsp3) is 0.625. The predicted molar refractivity (Wildman–Crippen MR) is 98.1 cm³/mol. The number of nitrogens with one attached hydrogen (secondary N) is 1. The first-order chi connectivity index (χ1) is 13.0. The minimum absolute atomic E-state index is 0.0232. The number of nitrogens with zero attached hydrogens (tertiary/aromatic N) is 3. The summed E-state index contributed by atoms with van der Waals surface area (Å²) in [5.41, 5.74) is -0.898. The Bertz CT molecular complexity index is 842. The summed E-state index contributed by atoms with van der Waals surface area (Å²) < 4.78 is 61.0. The minimum atomic E-state index is -4.50. The standard InChI is InChI=1S/C16H20ClF3N4O3S/c17-13-7-11(16(18,19)20)8-21-15(13)24-4-2-23(3-5-24)9-14(25)22-12-1-6-28(26,27)10-12/h7-8,12H,1-6,9-10H2,(H,22,25). The molecular formula is C16H20ClF3N4O3S. The van der Waals surface area contributed by atoms with Crippen LogP contribution in [-0.4, -0.2) is 74.5 Å². The lowest BCUT2D eigenvalue weighted by molar-refractivity contribution is -0.137. The zero-order valence-corrected chi connectivity index (χ0v) is 16.4. The van der Waals surface area contributed by atoms with E-state index in [1.165, 1.54) is 0 Å². The predicted octanol–water partition coefficient (Wildman–Crippen LogP) is 1.18. The number of hydrogen-bond donors (Lipinski definition) is 1. The van der Waals surface area contributed by atoms with E-state index in [2.05, 4.69) is 10.3 Å². The number of carbonyl (C=O) groups is 1. The van der Waals surface area contributed by atoms with Gasteiger partial charge in [-0.3, -0.25) is 9.69 Å². The number of alkyl halides is 3. The molecule has 0 aliphatic carbocycles. The normalized spacial score (nSPS) is 23.0. The Hall–Kier alpha value is -1.59. The summed E-state index contributed by atoms with van der Waals surface area (Å²) in [5, 5.41) is 2.67. The molecule has 28 heavy (non-hydrogen) atoms. The molecular weight excluding hydrogens is 421 g/mol. The van der Waals surface area contributed by atoms with E-state index in [0.717, 1.165) is 12.3 Å². The average molecular weight is 441 g/mol. The highest BCUT2D eigenvalue weighted by molar-refractivity contribution is 7.91. The van der Waals surface area contributed by atoms with Gasteiger partial charge in [-0.25, -0.2) is 13.4 Å². The molecule has 0 saturated carbocycles. The third-order valence-electron chi connectivity index (χ3n) is 4.79. The van der Waals surface area contributed by atoms with Crippen molar-refractivity contribution < 1.29 is 26.4 Å². The number of amides is 1. The number of sulfone groups is 1. The second-order valence-corrected chi connectivity index (χ2v) is 9.59. The number of carbonyl (C=O) groups excluding carboxylic acids is 1. The Kier molecular flexibility index (Phi) is 6.06. The Morgan fingerprint density at radius 3 is 2.50 bits per heavy atom. The maximum atomic E-state index is 12.7. The van der Waals surface area contributed by atoms with Crippen molar-refractivity contribution in [2.45, 2.75) is 18.6 Å². The Morgan fingerprint density at radius 2 is 1.96 bits per heavy atom. The maximum Gasteiger partial charge on any atom is 0.417 e. The summed E-state index contributed by atoms with van der Waals surface area (Å²) in [5.74, 6) is 0.124. The minimum Gasteiger partial charge on any atom is -0.353 e. The first-order valence-electron chi connectivity index (χ1n) is 8.73. The smallest absolute Gasteiger partial charge is 0.353 e. The first-order valence-corrected chi connectivity index (χ1v) is 10.9. The third-order valence-corrected chi connectivity index (χ3v) is 6.83. The molecule has 0 aromatic carbocycles. The van der Waals surface area contributed by atoms with Crippen LogP contribution in [0, 0.1) is 0 Å². The molecule has 1 aromatic heterocycles. The molecule has 3 rings (SSSR count). The molecule has 1 amide bonds. The highest BCUT2D eigenvalue weighted by atomic mass is 35.5. The van der Waals surface area contributed by atoms with Crippen molar-refractivity contribution in [1.29, 1.82) is 0 Å². The summed E-state index contributed by atoms with van der Waals surface area (Å²) >= 11 is 5.98. The largest absolute Gasteiger partial charge is 0.417 e. The monoisotopic (exact) mass is 440 g/mol. The molecule has 2 fully saturated rings. The number of anilines is 1. The van der Waals surface area contributed by atoms with E-state index < -0.39 is 21.6 Å². The Balaban J connectivity index is 1.50. The number of rotatable bonds is 4. The van der Waals surface area contributed by atoms with Crippen LogP contribution >= 0.6 is 11.6 Å². The second-order valence-electron chi connectivity index (χ2n) is 6.96. The molecule has 0 bridgehead atoms. The molecule has 0 radical (unpaired) electrons. The van der Waals surface area contributed by atoms with Gasteiger partial charge in [0.1, 0.15) is 5.82 Å². The van der Waals surface area contributed by atoms with Gasteiger partial charge in [0.2, 0.25) is 5.91 Å². The Labute approximate surface area is 165 Å². The van der Waals surface area contributed by atoms with Crippen LogP contribution in [0.4, 0.5) is 19.0 Å². The van der Waals surface area contributed by atoms with Crippen LogP contribution in [0.2, 0.25) is 5.02 Å². The van der Waals surface area contributed by atoms with Crippen LogP contribution < -0.4 is 10.2 Å². The third kappa shape index (κ3) is 5.26. The van der Waals surface area contributed by atoms with Gasteiger partial charge in [-0.1, -0.05) is 11.6 Å². The van der Waals surface area contributed by atoms with Gasteiger partial charge >= 0.3 is 6.18 Å². The summed E-state index contributed by atoms with van der Waals surface area (Å²) in [6, 6.07) is 0.522. The van der Waals surface area contributed by atoms with E-state index in [4.69, 9.17) is 11.6 Å². The van der Waals surface area contributed by atoms with Crippen molar-refractivity contribution in [2.24, 2.45) is 0 Å². The number of hydrogen-bond acceptors (Lipinski definition) is 6. The molecule has 1 N–H and O–H groups in total. The van der Waals surface area contributed by atoms with Gasteiger partial charge in [0, 0.05) is 38.4 Å². The molecule has 1 aromatic rings. The van der Waals surface area contributed by atoms with E-state index in [0.29, 0.717) is 32.6 Å². The highest BCUT2D eigenvalue weighted by Gasteiger charge is 2.33. The molecule has 3 heterocycles. The van der Waals surface area contributed by atoms with Crippen molar-refractivity contribution in [3.05, 3.63) is 22.8 Å². The molecule has 2 aliphatic heterocycles. The zero-order chi connectivity index (χ0) is 20.5. The number of halogens is 4. The topological polar surface area (TPSA) is 82.6 Å². The quantitative estimate of drug-likeness (QED) is 0.757. The fourth-order valence-electron chi connectivity index (χ4n) is 3.32. The van der Waals surface area contributed by atoms with Gasteiger partial charge in [0.15, 0.2) is 9.84 Å². The maximum absolute atomic E-state index is 12.7. The summed E-state index contributed by atoms with van der Waals surface area (Å²) in [6.07, 6.45) is -3.31. The van der Waals surface area contributed by atoms with E-state index in [-0.39, 0.29) is 40.8 Å². The molecule has 7 nitrogen and oxygen atoms in total. The lowest BCUT2D eigenvalue weighted by Crippen LogP contribution is -2.51. The van der Waals surface area contributed by atoms with E-state index in [1.54, 1.807) is 4.90 Å². The lowest BCUT2D eigenvalue weighted by atomic mass is 10.2. The van der Waals surface area contributed by atoms with Crippen molar-refractivity contribution in [3.8, 4) is 0 Å². The SMILES string of the molecule is O=C(CN1CCN(c2ncc(C(F)(F)F)cc2Cl)CC1)NC1CCS(=O)(=O)C1. The number of pyridine rings is 1. The average Bonchev–Trinajstić information content (AvgIpc) is 2.93. The van der Waals surface area contributed by atoms with Crippen LogP contribution in [-0.2, 0) is 20.8 Å². The van der Waals surface area contributed by atoms with Crippen LogP contribution in [0.1, 0.15) is 12.0 Å². The van der Waals surface area contributed by atoms with Gasteiger partial charge < -0.3 is 10.2 Å². The number of aromatic nitrogens is 1. The Morgan fingerprint density at radius 1 is 1.29 bits per heavy atom. The number of piperazine rings is 1. The van der Waals surface area contributed by atoms with Gasteiger partial charge in [0.05, 0.1) is 28.6 Å². The lowest BCUT2D eigenvalue weighted by Gasteiger charge is -2.35. The van der Waals surface area contributed by atoms with Crippen LogP contribution in [0.5, 0.6) is 0 Å². The van der Waals surface area contributed by atoms with Crippen molar-refractivity contribution in [3.63, 3.8) is 0 Å². The zero-order valence-electron chi connectivity index (χ0n) is 14.9. The summed E-state index contributed by atoms with van der Waals surface area (Å²) in [6.45, 7) is 2.08. The van der Waals surface area contributed by atoms with E-state index in [9.17, 15) is 26.4 Å². The van der Waals surface area contributed by atoms with Crippen LogP contribution in [0.3, 0.4) is 0 Å². The molecule has 2 aliphatic rings. The summed E-state index contributed by atoms with van der Waals surface area (Å²) in [7, 11) is -3.05. The van der Waals surface area contributed by atoms with Crippen LogP contribution in [0.25, 0.3) is 0 Å². The van der Waals surface area contributed by atoms with Gasteiger partial charge in [-0.2, -0.15) is 13.2 Å². The molecule has 1 atom stereocenters. The molecule has 2 saturated heterocycles. The molecule has 12 heteroatoms. The first kappa shape index (κ1) is 21.1. The van der Waals surface area contributed by atoms with E-state index >= 15 is 0 Å². The summed E-state index contributed by atoms with van der Waals surface area (Å²) in [4.78, 5) is 19.6. The van der Waals surface area contributed by atoms with Gasteiger partial charge in [-0.15, -0.1) is 0 Å². The van der Waals surface area contributed by atoms with Crippen molar-refractivity contribution in [1.82, 2.24) is 15.2 Å². The van der Waals surface area contributed by atoms with Crippen LogP contribution in [0.15, 0.2) is 12.3 Å². The second kappa shape index (κ2) is 8.03. The van der Waals surface area contributed by atoms with Crippen molar-refractivity contribution >= 4 is 33.2 Å². The molecule has 0 spiro atoms. The molecule has 1 unspecified atom stereocenters. The highest BCUT2D eigenvalue weighted by Crippen LogP contribution is 2.33. The van der Waals surface area contributed by atoms with Gasteiger partial charge in [0.25, 0.3) is 0 Å².